The third-order valence-electron chi connectivity index (χ3n) is 3.49. The van der Waals surface area contributed by atoms with Crippen LogP contribution in [0.3, 0.4) is 0 Å². The fourth-order valence-electron chi connectivity index (χ4n) is 2.10. The van der Waals surface area contributed by atoms with Crippen molar-refractivity contribution < 1.29 is 4.79 Å². The first-order valence-electron chi connectivity index (χ1n) is 7.29. The van der Waals surface area contributed by atoms with Crippen LogP contribution in [-0.2, 0) is 11.3 Å². The lowest BCUT2D eigenvalue weighted by Gasteiger charge is -2.14. The molecule has 0 aliphatic carbocycles. The van der Waals surface area contributed by atoms with Crippen molar-refractivity contribution in [1.82, 2.24) is 5.32 Å². The number of para-hydroxylation sites is 1. The minimum absolute atomic E-state index is 0.123. The van der Waals surface area contributed by atoms with Crippen molar-refractivity contribution in [2.24, 2.45) is 5.92 Å². The predicted molar refractivity (Wildman–Crippen MR) is 81.1 cm³/mol. The van der Waals surface area contributed by atoms with Crippen LogP contribution in [0.2, 0.25) is 0 Å². The number of amides is 1. The second-order valence-corrected chi connectivity index (χ2v) is 4.87. The zero-order valence-corrected chi connectivity index (χ0v) is 12.3. The molecule has 3 nitrogen and oxygen atoms in total. The monoisotopic (exact) mass is 262 g/mol. The van der Waals surface area contributed by atoms with Gasteiger partial charge in [0.05, 0.1) is 0 Å². The van der Waals surface area contributed by atoms with Gasteiger partial charge in [0.1, 0.15) is 0 Å². The maximum atomic E-state index is 12.0. The third kappa shape index (κ3) is 5.43. The summed E-state index contributed by atoms with van der Waals surface area (Å²) in [6.45, 7) is 8.07. The molecule has 0 aliphatic rings. The smallest absolute Gasteiger partial charge is 0.224 e. The molecule has 1 rings (SSSR count). The van der Waals surface area contributed by atoms with Crippen molar-refractivity contribution in [3.8, 4) is 0 Å². The molecule has 1 aromatic carbocycles. The highest BCUT2D eigenvalue weighted by Crippen LogP contribution is 2.18. The van der Waals surface area contributed by atoms with E-state index in [1.807, 2.05) is 18.2 Å². The van der Waals surface area contributed by atoms with Gasteiger partial charge in [-0.15, -0.1) is 0 Å². The van der Waals surface area contributed by atoms with E-state index in [1.54, 1.807) is 0 Å². The van der Waals surface area contributed by atoms with E-state index >= 15 is 0 Å². The Labute approximate surface area is 116 Å². The summed E-state index contributed by atoms with van der Waals surface area (Å²) in [4.78, 5) is 12.0. The second-order valence-electron chi connectivity index (χ2n) is 4.87. The van der Waals surface area contributed by atoms with E-state index in [0.29, 0.717) is 12.3 Å². The normalized spacial score (nSPS) is 10.7. The number of anilines is 1. The molecule has 0 unspecified atom stereocenters. The van der Waals surface area contributed by atoms with Gasteiger partial charge in [0, 0.05) is 18.7 Å². The molecule has 0 saturated carbocycles. The van der Waals surface area contributed by atoms with Crippen LogP contribution in [-0.4, -0.2) is 12.5 Å². The van der Waals surface area contributed by atoms with Gasteiger partial charge in [0.25, 0.3) is 0 Å². The van der Waals surface area contributed by atoms with E-state index in [9.17, 15) is 4.79 Å². The van der Waals surface area contributed by atoms with Crippen molar-refractivity contribution in [3.63, 3.8) is 0 Å². The van der Waals surface area contributed by atoms with Crippen molar-refractivity contribution in [3.05, 3.63) is 29.8 Å². The summed E-state index contributed by atoms with van der Waals surface area (Å²) in [7, 11) is 0. The van der Waals surface area contributed by atoms with Crippen LogP contribution < -0.4 is 10.6 Å². The molecule has 0 saturated heterocycles. The molecule has 19 heavy (non-hydrogen) atoms. The molecule has 0 radical (unpaired) electrons. The Morgan fingerprint density at radius 2 is 1.84 bits per heavy atom. The molecule has 0 fully saturated rings. The lowest BCUT2D eigenvalue weighted by atomic mass is 9.99. The second kappa shape index (κ2) is 8.70. The molecular formula is C16H26N2O. The molecular weight excluding hydrogens is 236 g/mol. The van der Waals surface area contributed by atoms with E-state index < -0.39 is 0 Å². The Bertz CT molecular complexity index is 386. The number of carbonyl (C=O) groups is 1. The molecule has 2 N–H and O–H groups in total. The van der Waals surface area contributed by atoms with E-state index in [1.165, 1.54) is 0 Å². The molecule has 3 heteroatoms. The van der Waals surface area contributed by atoms with Crippen molar-refractivity contribution in [2.75, 3.05) is 11.9 Å². The van der Waals surface area contributed by atoms with Crippen molar-refractivity contribution >= 4 is 11.6 Å². The number of benzene rings is 1. The van der Waals surface area contributed by atoms with Gasteiger partial charge < -0.3 is 10.6 Å². The van der Waals surface area contributed by atoms with Gasteiger partial charge in [-0.3, -0.25) is 4.79 Å². The SMILES string of the molecule is CCNCc1ccccc1NC(=O)CC(CC)CC. The van der Waals surface area contributed by atoms with Gasteiger partial charge in [-0.2, -0.15) is 0 Å². The summed E-state index contributed by atoms with van der Waals surface area (Å²) in [5.74, 6) is 0.610. The van der Waals surface area contributed by atoms with Gasteiger partial charge in [-0.05, 0) is 24.1 Å². The van der Waals surface area contributed by atoms with Crippen molar-refractivity contribution in [2.45, 2.75) is 46.6 Å². The van der Waals surface area contributed by atoms with Gasteiger partial charge in [-0.25, -0.2) is 0 Å². The Hall–Kier alpha value is -1.35. The largest absolute Gasteiger partial charge is 0.326 e. The Morgan fingerprint density at radius 1 is 1.16 bits per heavy atom. The highest BCUT2D eigenvalue weighted by Gasteiger charge is 2.11. The number of nitrogens with one attached hydrogen (secondary N) is 2. The van der Waals surface area contributed by atoms with Gasteiger partial charge in [0.2, 0.25) is 5.91 Å². The lowest BCUT2D eigenvalue weighted by molar-refractivity contribution is -0.117. The average Bonchev–Trinajstić information content (AvgIpc) is 2.43. The number of hydrogen-bond acceptors (Lipinski definition) is 2. The van der Waals surface area contributed by atoms with Gasteiger partial charge in [-0.1, -0.05) is 51.8 Å². The number of rotatable bonds is 8. The van der Waals surface area contributed by atoms with Crippen LogP contribution in [0.5, 0.6) is 0 Å². The minimum atomic E-state index is 0.123. The molecule has 0 spiro atoms. The zero-order valence-electron chi connectivity index (χ0n) is 12.3. The third-order valence-corrected chi connectivity index (χ3v) is 3.49. The van der Waals surface area contributed by atoms with Crippen LogP contribution in [0, 0.1) is 5.92 Å². The van der Waals surface area contributed by atoms with E-state index in [2.05, 4.69) is 37.5 Å². The molecule has 1 aromatic rings. The number of hydrogen-bond donors (Lipinski definition) is 2. The molecule has 106 valence electrons. The summed E-state index contributed by atoms with van der Waals surface area (Å²) in [6.07, 6.45) is 2.73. The lowest BCUT2D eigenvalue weighted by Crippen LogP contribution is -2.19. The van der Waals surface area contributed by atoms with E-state index in [-0.39, 0.29) is 5.91 Å². The highest BCUT2D eigenvalue weighted by atomic mass is 16.1. The van der Waals surface area contributed by atoms with Crippen LogP contribution in [0.25, 0.3) is 0 Å². The molecule has 0 heterocycles. The first-order chi connectivity index (χ1) is 9.21. The highest BCUT2D eigenvalue weighted by molar-refractivity contribution is 5.91. The summed E-state index contributed by atoms with van der Waals surface area (Å²) in [5.41, 5.74) is 2.07. The maximum absolute atomic E-state index is 12.0. The standard InChI is InChI=1S/C16H26N2O/c1-4-13(5-2)11-16(19)18-15-10-8-7-9-14(15)12-17-6-3/h7-10,13,17H,4-6,11-12H2,1-3H3,(H,18,19). The zero-order chi connectivity index (χ0) is 14.1. The fourth-order valence-corrected chi connectivity index (χ4v) is 2.10. The first-order valence-corrected chi connectivity index (χ1v) is 7.29. The van der Waals surface area contributed by atoms with E-state index in [0.717, 1.165) is 37.2 Å². The van der Waals surface area contributed by atoms with Gasteiger partial charge in [0.15, 0.2) is 0 Å². The van der Waals surface area contributed by atoms with E-state index in [4.69, 9.17) is 0 Å². The molecule has 0 aliphatic heterocycles. The summed E-state index contributed by atoms with van der Waals surface area (Å²) in [6, 6.07) is 7.98. The molecule has 0 atom stereocenters. The first kappa shape index (κ1) is 15.7. The quantitative estimate of drug-likeness (QED) is 0.752. The fraction of sp³-hybridized carbons (Fsp3) is 0.562. The van der Waals surface area contributed by atoms with Crippen LogP contribution in [0.15, 0.2) is 24.3 Å². The minimum Gasteiger partial charge on any atom is -0.326 e. The Kier molecular flexibility index (Phi) is 7.19. The molecule has 0 aromatic heterocycles. The molecule has 1 amide bonds. The number of carbonyl (C=O) groups excluding carboxylic acids is 1. The Balaban J connectivity index is 2.62. The topological polar surface area (TPSA) is 41.1 Å². The predicted octanol–water partition coefficient (Wildman–Crippen LogP) is 3.56. The maximum Gasteiger partial charge on any atom is 0.224 e. The van der Waals surface area contributed by atoms with Crippen LogP contribution in [0.4, 0.5) is 5.69 Å². The van der Waals surface area contributed by atoms with Crippen LogP contribution in [0.1, 0.15) is 45.6 Å². The van der Waals surface area contributed by atoms with Gasteiger partial charge >= 0.3 is 0 Å². The average molecular weight is 262 g/mol. The summed E-state index contributed by atoms with van der Waals surface area (Å²) >= 11 is 0. The summed E-state index contributed by atoms with van der Waals surface area (Å²) < 4.78 is 0. The van der Waals surface area contributed by atoms with Crippen LogP contribution >= 0.6 is 0 Å². The van der Waals surface area contributed by atoms with Crippen molar-refractivity contribution in [1.29, 1.82) is 0 Å². The Morgan fingerprint density at radius 3 is 2.47 bits per heavy atom. The molecule has 0 bridgehead atoms. The summed E-state index contributed by atoms with van der Waals surface area (Å²) in [5, 5.41) is 6.33.